The van der Waals surface area contributed by atoms with Gasteiger partial charge in [-0.1, -0.05) is 13.0 Å². The highest BCUT2D eigenvalue weighted by Gasteiger charge is 2.28. The van der Waals surface area contributed by atoms with Crippen molar-refractivity contribution in [2.75, 3.05) is 6.61 Å². The molecule has 7 heteroatoms. The molecule has 2 N–H and O–H groups in total. The van der Waals surface area contributed by atoms with E-state index in [9.17, 15) is 24.3 Å². The Labute approximate surface area is 170 Å². The number of Topliss-reactive ketones (excluding diaryl/α,β-unsaturated/α-hetero) is 3. The molecule has 0 saturated carbocycles. The van der Waals surface area contributed by atoms with Crippen LogP contribution in [0.3, 0.4) is 0 Å². The Hall–Kier alpha value is -2.54. The van der Waals surface area contributed by atoms with E-state index >= 15 is 0 Å². The van der Waals surface area contributed by atoms with Gasteiger partial charge in [-0.05, 0) is 62.1 Å². The Kier molecular flexibility index (Phi) is 8.08. The van der Waals surface area contributed by atoms with Crippen LogP contribution >= 0.6 is 0 Å². The van der Waals surface area contributed by atoms with Crippen LogP contribution in [0.15, 0.2) is 12.1 Å². The number of benzene rings is 1. The number of aromatic hydroxyl groups is 1. The van der Waals surface area contributed by atoms with Crippen molar-refractivity contribution in [3.63, 3.8) is 0 Å². The van der Waals surface area contributed by atoms with E-state index in [2.05, 4.69) is 0 Å². The number of hydrogen-bond acceptors (Lipinski definition) is 7. The van der Waals surface area contributed by atoms with Crippen LogP contribution in [-0.4, -0.2) is 46.2 Å². The van der Waals surface area contributed by atoms with Crippen LogP contribution in [0.5, 0.6) is 5.75 Å². The van der Waals surface area contributed by atoms with Crippen LogP contribution in [0.4, 0.5) is 0 Å². The number of carbonyl (C=O) groups is 4. The molecular weight excluding hydrogens is 376 g/mol. The number of aliphatic hydroxyl groups is 1. The minimum Gasteiger partial charge on any atom is -0.507 e. The van der Waals surface area contributed by atoms with E-state index in [-0.39, 0.29) is 49.5 Å². The van der Waals surface area contributed by atoms with E-state index in [4.69, 9.17) is 9.84 Å². The second-order valence-electron chi connectivity index (χ2n) is 7.58. The second kappa shape index (κ2) is 10.3. The topological polar surface area (TPSA) is 118 Å². The van der Waals surface area contributed by atoms with Gasteiger partial charge in [0.1, 0.15) is 17.4 Å². The highest BCUT2D eigenvalue weighted by atomic mass is 16.5. The van der Waals surface area contributed by atoms with Crippen LogP contribution in [0.1, 0.15) is 67.4 Å². The highest BCUT2D eigenvalue weighted by molar-refractivity contribution is 6.63. The standard InChI is InChI=1S/C22H28O7/c1-13-8-10-19(26)21(27)18(25)7-3-6-16-15(5-4-12-23)9-11-17(24)20(16)22(28)29-14(13)2/h9,11,13-14,23-24H,3-8,10,12H2,1-2H3/t13-,14+/m1/s1. The van der Waals surface area contributed by atoms with Gasteiger partial charge in [0.05, 0.1) is 0 Å². The maximum absolute atomic E-state index is 12.8. The first-order chi connectivity index (χ1) is 13.8. The molecule has 0 spiro atoms. The van der Waals surface area contributed by atoms with Crippen LogP contribution in [0.25, 0.3) is 0 Å². The number of aliphatic hydroxyl groups excluding tert-OH is 1. The molecule has 1 heterocycles. The van der Waals surface area contributed by atoms with Crippen LogP contribution in [0.2, 0.25) is 0 Å². The largest absolute Gasteiger partial charge is 0.507 e. The first kappa shape index (κ1) is 22.7. The molecule has 1 aromatic rings. The molecule has 0 aliphatic carbocycles. The minimum atomic E-state index is -0.976. The Morgan fingerprint density at radius 3 is 2.41 bits per heavy atom. The first-order valence-corrected chi connectivity index (χ1v) is 10.0. The highest BCUT2D eigenvalue weighted by Crippen LogP contribution is 2.29. The Bertz CT molecular complexity index is 797. The number of hydrogen-bond donors (Lipinski definition) is 2. The molecule has 158 valence electrons. The van der Waals surface area contributed by atoms with E-state index in [1.807, 2.05) is 0 Å². The Morgan fingerprint density at radius 1 is 1.03 bits per heavy atom. The normalized spacial score (nSPS) is 22.0. The number of phenols is 1. The minimum absolute atomic E-state index is 0.0241. The van der Waals surface area contributed by atoms with Gasteiger partial charge in [-0.15, -0.1) is 0 Å². The lowest BCUT2D eigenvalue weighted by Gasteiger charge is -2.22. The number of fused-ring (bicyclic) bond motifs is 1. The van der Waals surface area contributed by atoms with Crippen molar-refractivity contribution in [1.82, 2.24) is 0 Å². The van der Waals surface area contributed by atoms with Crippen LogP contribution in [-0.2, 0) is 32.0 Å². The van der Waals surface area contributed by atoms with Gasteiger partial charge < -0.3 is 14.9 Å². The molecule has 0 amide bonds. The van der Waals surface area contributed by atoms with Crippen molar-refractivity contribution < 1.29 is 34.1 Å². The summed E-state index contributed by atoms with van der Waals surface area (Å²) >= 11 is 0. The summed E-state index contributed by atoms with van der Waals surface area (Å²) in [6, 6.07) is 3.11. The number of cyclic esters (lactones) is 1. The summed E-state index contributed by atoms with van der Waals surface area (Å²) < 4.78 is 5.55. The number of ketones is 3. The van der Waals surface area contributed by atoms with Gasteiger partial charge in [0.2, 0.25) is 11.6 Å². The van der Waals surface area contributed by atoms with Gasteiger partial charge in [0.25, 0.3) is 5.78 Å². The lowest BCUT2D eigenvalue weighted by atomic mass is 9.91. The molecule has 2 atom stereocenters. The van der Waals surface area contributed by atoms with Gasteiger partial charge in [0, 0.05) is 19.4 Å². The number of carbonyl (C=O) groups excluding carboxylic acids is 4. The number of phenolic OH excluding ortho intramolecular Hbond substituents is 1. The number of esters is 1. The van der Waals surface area contributed by atoms with Crippen LogP contribution < -0.4 is 0 Å². The second-order valence-corrected chi connectivity index (χ2v) is 7.58. The predicted molar refractivity (Wildman–Crippen MR) is 105 cm³/mol. The quantitative estimate of drug-likeness (QED) is 0.586. The molecule has 0 fully saturated rings. The van der Waals surface area contributed by atoms with Crippen molar-refractivity contribution in [3.8, 4) is 5.75 Å². The maximum Gasteiger partial charge on any atom is 0.342 e. The zero-order valence-electron chi connectivity index (χ0n) is 16.9. The molecule has 0 saturated heterocycles. The summed E-state index contributed by atoms with van der Waals surface area (Å²) in [6.45, 7) is 3.46. The Morgan fingerprint density at radius 2 is 1.72 bits per heavy atom. The Balaban J connectivity index is 2.43. The van der Waals surface area contributed by atoms with Gasteiger partial charge in [-0.25, -0.2) is 4.79 Å². The summed E-state index contributed by atoms with van der Waals surface area (Å²) in [5.74, 6) is -3.49. The van der Waals surface area contributed by atoms with Crippen molar-refractivity contribution in [2.45, 2.75) is 64.9 Å². The van der Waals surface area contributed by atoms with Crippen molar-refractivity contribution in [2.24, 2.45) is 5.92 Å². The van der Waals surface area contributed by atoms with Gasteiger partial charge >= 0.3 is 5.97 Å². The molecule has 1 aromatic carbocycles. The first-order valence-electron chi connectivity index (χ1n) is 10.0. The predicted octanol–water partition coefficient (Wildman–Crippen LogP) is 2.32. The molecule has 0 aromatic heterocycles. The number of aryl methyl sites for hydroxylation is 1. The third kappa shape index (κ3) is 5.73. The monoisotopic (exact) mass is 404 g/mol. The maximum atomic E-state index is 12.8. The summed E-state index contributed by atoms with van der Waals surface area (Å²) in [7, 11) is 0. The van der Waals surface area contributed by atoms with Gasteiger partial charge in [-0.3, -0.25) is 14.4 Å². The molecule has 1 aliphatic heterocycles. The molecule has 0 bridgehead atoms. The van der Waals surface area contributed by atoms with E-state index in [1.54, 1.807) is 19.9 Å². The lowest BCUT2D eigenvalue weighted by Crippen LogP contribution is -2.28. The smallest absolute Gasteiger partial charge is 0.342 e. The summed E-state index contributed by atoms with van der Waals surface area (Å²) in [5.41, 5.74) is 1.38. The summed E-state index contributed by atoms with van der Waals surface area (Å²) in [5, 5.41) is 19.5. The molecular formula is C22H28O7. The van der Waals surface area contributed by atoms with Crippen molar-refractivity contribution in [3.05, 3.63) is 28.8 Å². The third-order valence-corrected chi connectivity index (χ3v) is 5.45. The van der Waals surface area contributed by atoms with Crippen LogP contribution in [0, 0.1) is 5.92 Å². The SMILES string of the molecule is C[C@@H]1CCC(=O)C(=O)C(=O)CCCc2c(CCCO)ccc(O)c2C(=O)O[C@H]1C. The molecule has 0 unspecified atom stereocenters. The molecule has 0 radical (unpaired) electrons. The number of rotatable bonds is 3. The average molecular weight is 404 g/mol. The zero-order chi connectivity index (χ0) is 21.6. The fraction of sp³-hybridized carbons (Fsp3) is 0.545. The lowest BCUT2D eigenvalue weighted by molar-refractivity contribution is -0.144. The molecule has 7 nitrogen and oxygen atoms in total. The molecule has 1 aliphatic rings. The van der Waals surface area contributed by atoms with Crippen molar-refractivity contribution in [1.29, 1.82) is 0 Å². The average Bonchev–Trinajstić information content (AvgIpc) is 2.69. The molecule has 2 rings (SSSR count). The van der Waals surface area contributed by atoms with Crippen molar-refractivity contribution >= 4 is 23.3 Å². The fourth-order valence-electron chi connectivity index (χ4n) is 3.44. The number of ether oxygens (including phenoxy) is 1. The fourth-order valence-corrected chi connectivity index (χ4v) is 3.44. The van der Waals surface area contributed by atoms with E-state index < -0.39 is 29.4 Å². The van der Waals surface area contributed by atoms with Gasteiger partial charge in [-0.2, -0.15) is 0 Å². The zero-order valence-corrected chi connectivity index (χ0v) is 16.9. The van der Waals surface area contributed by atoms with E-state index in [0.717, 1.165) is 5.56 Å². The molecule has 29 heavy (non-hydrogen) atoms. The third-order valence-electron chi connectivity index (χ3n) is 5.45. The summed E-state index contributed by atoms with van der Waals surface area (Å²) in [4.78, 5) is 48.9. The van der Waals surface area contributed by atoms with Gasteiger partial charge in [0.15, 0.2) is 0 Å². The van der Waals surface area contributed by atoms with E-state index in [0.29, 0.717) is 24.8 Å². The van der Waals surface area contributed by atoms with E-state index in [1.165, 1.54) is 6.07 Å². The summed E-state index contributed by atoms with van der Waals surface area (Å²) in [6.07, 6.45) is 1.06.